The van der Waals surface area contributed by atoms with Crippen LogP contribution in [0.3, 0.4) is 0 Å². The summed E-state index contributed by atoms with van der Waals surface area (Å²) in [5.74, 6) is 1.16. The summed E-state index contributed by atoms with van der Waals surface area (Å²) in [6.07, 6.45) is 2.13. The first-order valence-corrected chi connectivity index (χ1v) is 7.83. The molecule has 0 aromatic rings. The van der Waals surface area contributed by atoms with E-state index in [4.69, 9.17) is 4.74 Å². The van der Waals surface area contributed by atoms with Gasteiger partial charge < -0.3 is 9.64 Å². The first kappa shape index (κ1) is 17.4. The molecule has 0 bridgehead atoms. The van der Waals surface area contributed by atoms with Gasteiger partial charge in [0.15, 0.2) is 0 Å². The summed E-state index contributed by atoms with van der Waals surface area (Å²) in [4.78, 5) is 14.7. The predicted octanol–water partition coefficient (Wildman–Crippen LogP) is 2.63. The van der Waals surface area contributed by atoms with Crippen molar-refractivity contribution < 1.29 is 9.53 Å². The SMILES string of the molecule is CCC(C)C1NC(CC(C)C)N(CC(C)(C)OC)C1=O. The van der Waals surface area contributed by atoms with E-state index in [1.807, 2.05) is 18.7 Å². The van der Waals surface area contributed by atoms with Crippen LogP contribution in [-0.4, -0.2) is 42.3 Å². The molecule has 118 valence electrons. The fourth-order valence-corrected chi connectivity index (χ4v) is 2.65. The monoisotopic (exact) mass is 284 g/mol. The van der Waals surface area contributed by atoms with Crippen LogP contribution in [0.25, 0.3) is 0 Å². The molecule has 0 spiro atoms. The van der Waals surface area contributed by atoms with E-state index in [9.17, 15) is 4.79 Å². The maximum atomic E-state index is 12.7. The van der Waals surface area contributed by atoms with Crippen LogP contribution in [-0.2, 0) is 9.53 Å². The summed E-state index contributed by atoms with van der Waals surface area (Å²) in [6, 6.07) is -0.0450. The first-order valence-electron chi connectivity index (χ1n) is 7.83. The number of nitrogens with zero attached hydrogens (tertiary/aromatic N) is 1. The van der Waals surface area contributed by atoms with Crippen LogP contribution in [0.1, 0.15) is 54.4 Å². The molecule has 1 aliphatic heterocycles. The van der Waals surface area contributed by atoms with Crippen molar-refractivity contribution in [3.8, 4) is 0 Å². The van der Waals surface area contributed by atoms with Gasteiger partial charge in [-0.15, -0.1) is 0 Å². The number of ether oxygens (including phenoxy) is 1. The minimum absolute atomic E-state index is 0.0450. The number of carbonyl (C=O) groups excluding carboxylic acids is 1. The highest BCUT2D eigenvalue weighted by Crippen LogP contribution is 2.25. The average molecular weight is 284 g/mol. The van der Waals surface area contributed by atoms with Crippen LogP contribution in [0.2, 0.25) is 0 Å². The van der Waals surface area contributed by atoms with Gasteiger partial charge in [0, 0.05) is 7.11 Å². The van der Waals surface area contributed by atoms with Crippen LogP contribution >= 0.6 is 0 Å². The van der Waals surface area contributed by atoms with Gasteiger partial charge in [0.05, 0.1) is 24.4 Å². The molecule has 0 aromatic heterocycles. The molecule has 0 aromatic carbocycles. The van der Waals surface area contributed by atoms with Crippen molar-refractivity contribution in [2.45, 2.75) is 72.2 Å². The van der Waals surface area contributed by atoms with Gasteiger partial charge in [-0.2, -0.15) is 0 Å². The number of rotatable bonds is 7. The van der Waals surface area contributed by atoms with E-state index >= 15 is 0 Å². The van der Waals surface area contributed by atoms with E-state index in [0.29, 0.717) is 18.4 Å². The number of hydrogen-bond acceptors (Lipinski definition) is 3. The molecule has 1 rings (SSSR count). The lowest BCUT2D eigenvalue weighted by atomic mass is 9.99. The van der Waals surface area contributed by atoms with Crippen LogP contribution in [0, 0.1) is 11.8 Å². The standard InChI is InChI=1S/C16H32N2O2/c1-8-12(4)14-15(19)18(10-16(5,6)20-7)13(17-14)9-11(2)3/h11-14,17H,8-10H2,1-7H3. The van der Waals surface area contributed by atoms with Crippen LogP contribution < -0.4 is 5.32 Å². The smallest absolute Gasteiger partial charge is 0.241 e. The molecule has 3 unspecified atom stereocenters. The number of nitrogens with one attached hydrogen (secondary N) is 1. The molecule has 1 N–H and O–H groups in total. The second kappa shape index (κ2) is 6.90. The van der Waals surface area contributed by atoms with Crippen molar-refractivity contribution in [1.82, 2.24) is 10.2 Å². The summed E-state index contributed by atoms with van der Waals surface area (Å²) in [5.41, 5.74) is -0.309. The summed E-state index contributed by atoms with van der Waals surface area (Å²) in [6.45, 7) is 13.4. The third kappa shape index (κ3) is 4.19. The maximum absolute atomic E-state index is 12.7. The highest BCUT2D eigenvalue weighted by atomic mass is 16.5. The molecule has 0 aliphatic carbocycles. The Morgan fingerprint density at radius 3 is 2.40 bits per heavy atom. The average Bonchev–Trinajstić information content (AvgIpc) is 2.65. The van der Waals surface area contributed by atoms with Gasteiger partial charge in [-0.05, 0) is 32.1 Å². The lowest BCUT2D eigenvalue weighted by Gasteiger charge is -2.33. The van der Waals surface area contributed by atoms with E-state index in [1.54, 1.807) is 7.11 Å². The topological polar surface area (TPSA) is 41.6 Å². The molecule has 1 heterocycles. The van der Waals surface area contributed by atoms with Crippen LogP contribution in [0.4, 0.5) is 0 Å². The van der Waals surface area contributed by atoms with Crippen molar-refractivity contribution >= 4 is 5.91 Å². The Kier molecular flexibility index (Phi) is 6.02. The molecule has 20 heavy (non-hydrogen) atoms. The molecule has 4 nitrogen and oxygen atoms in total. The number of amides is 1. The number of methoxy groups -OCH3 is 1. The van der Waals surface area contributed by atoms with Crippen LogP contribution in [0.5, 0.6) is 0 Å². The van der Waals surface area contributed by atoms with Gasteiger partial charge in [0.2, 0.25) is 5.91 Å². The Bertz CT molecular complexity index is 328. The molecule has 1 amide bonds. The Labute approximate surface area is 124 Å². The molecule has 1 fully saturated rings. The molecular formula is C16H32N2O2. The van der Waals surface area contributed by atoms with E-state index in [1.165, 1.54) is 0 Å². The van der Waals surface area contributed by atoms with Gasteiger partial charge in [0.25, 0.3) is 0 Å². The van der Waals surface area contributed by atoms with Crippen molar-refractivity contribution in [1.29, 1.82) is 0 Å². The molecule has 4 heteroatoms. The van der Waals surface area contributed by atoms with Crippen LogP contribution in [0.15, 0.2) is 0 Å². The van der Waals surface area contributed by atoms with Crippen molar-refractivity contribution in [2.24, 2.45) is 11.8 Å². The summed E-state index contributed by atoms with van der Waals surface area (Å²) in [7, 11) is 1.71. The summed E-state index contributed by atoms with van der Waals surface area (Å²) in [5, 5.41) is 3.54. The fourth-order valence-electron chi connectivity index (χ4n) is 2.65. The quantitative estimate of drug-likeness (QED) is 0.781. The van der Waals surface area contributed by atoms with E-state index in [2.05, 4.69) is 33.0 Å². The normalized spacial score (nSPS) is 25.6. The largest absolute Gasteiger partial charge is 0.377 e. The van der Waals surface area contributed by atoms with Gasteiger partial charge in [-0.1, -0.05) is 34.1 Å². The van der Waals surface area contributed by atoms with Crippen molar-refractivity contribution in [3.05, 3.63) is 0 Å². The van der Waals surface area contributed by atoms with E-state index < -0.39 is 0 Å². The Morgan fingerprint density at radius 2 is 1.95 bits per heavy atom. The fraction of sp³-hybridized carbons (Fsp3) is 0.938. The first-order chi connectivity index (χ1) is 9.21. The van der Waals surface area contributed by atoms with E-state index in [-0.39, 0.29) is 23.7 Å². The summed E-state index contributed by atoms with van der Waals surface area (Å²) >= 11 is 0. The Hall–Kier alpha value is -0.610. The van der Waals surface area contributed by atoms with Gasteiger partial charge in [-0.25, -0.2) is 0 Å². The zero-order valence-electron chi connectivity index (χ0n) is 14.2. The third-order valence-corrected chi connectivity index (χ3v) is 4.31. The molecule has 0 saturated carbocycles. The minimum atomic E-state index is -0.309. The molecular weight excluding hydrogens is 252 g/mol. The molecule has 1 aliphatic rings. The zero-order valence-corrected chi connectivity index (χ0v) is 14.2. The Morgan fingerprint density at radius 1 is 1.35 bits per heavy atom. The molecule has 1 saturated heterocycles. The lowest BCUT2D eigenvalue weighted by molar-refractivity contribution is -0.134. The second-order valence-corrected chi connectivity index (χ2v) is 7.11. The van der Waals surface area contributed by atoms with Gasteiger partial charge in [-0.3, -0.25) is 10.1 Å². The second-order valence-electron chi connectivity index (χ2n) is 7.11. The lowest BCUT2D eigenvalue weighted by Crippen LogP contribution is -2.47. The summed E-state index contributed by atoms with van der Waals surface area (Å²) < 4.78 is 5.50. The third-order valence-electron chi connectivity index (χ3n) is 4.31. The van der Waals surface area contributed by atoms with Gasteiger partial charge in [0.1, 0.15) is 0 Å². The molecule has 3 atom stereocenters. The molecule has 0 radical (unpaired) electrons. The van der Waals surface area contributed by atoms with Crippen molar-refractivity contribution in [2.75, 3.05) is 13.7 Å². The highest BCUT2D eigenvalue weighted by Gasteiger charge is 2.42. The number of carbonyl (C=O) groups is 1. The number of hydrogen-bond donors (Lipinski definition) is 1. The van der Waals surface area contributed by atoms with Crippen molar-refractivity contribution in [3.63, 3.8) is 0 Å². The highest BCUT2D eigenvalue weighted by molar-refractivity contribution is 5.84. The minimum Gasteiger partial charge on any atom is -0.377 e. The Balaban J connectivity index is 2.87. The predicted molar refractivity (Wildman–Crippen MR) is 82.4 cm³/mol. The van der Waals surface area contributed by atoms with E-state index in [0.717, 1.165) is 12.8 Å². The zero-order chi connectivity index (χ0) is 15.5. The van der Waals surface area contributed by atoms with Gasteiger partial charge >= 0.3 is 0 Å². The maximum Gasteiger partial charge on any atom is 0.241 e.